The fourth-order valence-corrected chi connectivity index (χ4v) is 1.53. The molecule has 0 unspecified atom stereocenters. The van der Waals surface area contributed by atoms with Gasteiger partial charge in [0.05, 0.1) is 5.56 Å². The van der Waals surface area contributed by atoms with Gasteiger partial charge in [-0.05, 0) is 23.6 Å². The van der Waals surface area contributed by atoms with E-state index in [1.807, 2.05) is 30.3 Å². The van der Waals surface area contributed by atoms with Gasteiger partial charge in [0.2, 0.25) is 0 Å². The zero-order valence-electron chi connectivity index (χ0n) is 9.12. The van der Waals surface area contributed by atoms with Crippen molar-refractivity contribution in [3.05, 3.63) is 58.2 Å². The van der Waals surface area contributed by atoms with Crippen molar-refractivity contribution in [1.29, 1.82) is 0 Å². The summed E-state index contributed by atoms with van der Waals surface area (Å²) < 4.78 is 5.46. The lowest BCUT2D eigenvalue weighted by molar-refractivity contribution is 0.0999. The highest BCUT2D eigenvalue weighted by Crippen LogP contribution is 2.25. The van der Waals surface area contributed by atoms with E-state index in [1.54, 1.807) is 13.0 Å². The van der Waals surface area contributed by atoms with Crippen LogP contribution in [0.25, 0.3) is 21.8 Å². The van der Waals surface area contributed by atoms with Gasteiger partial charge in [-0.15, -0.1) is 0 Å². The Morgan fingerprint density at radius 1 is 1.35 bits per heavy atom. The SMILES string of the molecule is Cc1oc(-c2ccccc2)cc1C(=O)N=[N+]=[N-]. The predicted molar refractivity (Wildman–Crippen MR) is 62.4 cm³/mol. The van der Waals surface area contributed by atoms with Crippen molar-refractivity contribution in [3.63, 3.8) is 0 Å². The Morgan fingerprint density at radius 2 is 2.06 bits per heavy atom. The molecule has 0 aliphatic heterocycles. The number of benzene rings is 1. The number of rotatable bonds is 2. The number of furan rings is 1. The highest BCUT2D eigenvalue weighted by Gasteiger charge is 2.14. The number of aryl methyl sites for hydroxylation is 1. The van der Waals surface area contributed by atoms with E-state index in [1.165, 1.54) is 0 Å². The van der Waals surface area contributed by atoms with Crippen LogP contribution in [0.1, 0.15) is 16.1 Å². The van der Waals surface area contributed by atoms with Crippen molar-refractivity contribution in [2.24, 2.45) is 5.11 Å². The van der Waals surface area contributed by atoms with Crippen LogP contribution in [0, 0.1) is 6.92 Å². The molecule has 2 rings (SSSR count). The van der Waals surface area contributed by atoms with Gasteiger partial charge < -0.3 is 4.42 Å². The lowest BCUT2D eigenvalue weighted by atomic mass is 10.1. The molecule has 1 aromatic heterocycles. The molecule has 0 aliphatic rings. The van der Waals surface area contributed by atoms with E-state index < -0.39 is 5.91 Å². The molecule has 0 spiro atoms. The fourth-order valence-electron chi connectivity index (χ4n) is 1.53. The quantitative estimate of drug-likeness (QED) is 0.445. The smallest absolute Gasteiger partial charge is 0.252 e. The second-order valence-electron chi connectivity index (χ2n) is 3.44. The molecule has 0 saturated heterocycles. The van der Waals surface area contributed by atoms with E-state index >= 15 is 0 Å². The summed E-state index contributed by atoms with van der Waals surface area (Å²) in [6, 6.07) is 11.0. The molecule has 1 heterocycles. The maximum Gasteiger partial charge on any atom is 0.252 e. The second kappa shape index (κ2) is 4.55. The van der Waals surface area contributed by atoms with Crippen LogP contribution < -0.4 is 0 Å². The van der Waals surface area contributed by atoms with Crippen molar-refractivity contribution in [1.82, 2.24) is 0 Å². The van der Waals surface area contributed by atoms with Gasteiger partial charge in [-0.25, -0.2) is 0 Å². The third-order valence-electron chi connectivity index (χ3n) is 2.34. The summed E-state index contributed by atoms with van der Waals surface area (Å²) in [6.45, 7) is 1.66. The Hall–Kier alpha value is -2.52. The molecular formula is C12H9N3O2. The van der Waals surface area contributed by atoms with Crippen molar-refractivity contribution in [2.45, 2.75) is 6.92 Å². The van der Waals surface area contributed by atoms with Crippen LogP contribution in [0.4, 0.5) is 0 Å². The number of nitrogens with zero attached hydrogens (tertiary/aromatic N) is 3. The average molecular weight is 227 g/mol. The van der Waals surface area contributed by atoms with Crippen LogP contribution in [0.2, 0.25) is 0 Å². The number of azide groups is 1. The molecule has 1 aromatic carbocycles. The van der Waals surface area contributed by atoms with Crippen LogP contribution in [-0.2, 0) is 0 Å². The summed E-state index contributed by atoms with van der Waals surface area (Å²) in [5.41, 5.74) is 9.38. The molecule has 0 saturated carbocycles. The zero-order chi connectivity index (χ0) is 12.3. The summed E-state index contributed by atoms with van der Waals surface area (Å²) >= 11 is 0. The second-order valence-corrected chi connectivity index (χ2v) is 3.44. The average Bonchev–Trinajstić information content (AvgIpc) is 2.73. The number of carbonyl (C=O) groups excluding carboxylic acids is 1. The van der Waals surface area contributed by atoms with Crippen LogP contribution in [0.15, 0.2) is 45.9 Å². The largest absolute Gasteiger partial charge is 0.461 e. The molecule has 0 bridgehead atoms. The van der Waals surface area contributed by atoms with Crippen LogP contribution in [0.5, 0.6) is 0 Å². The molecular weight excluding hydrogens is 218 g/mol. The first-order valence-electron chi connectivity index (χ1n) is 4.97. The maximum atomic E-state index is 11.4. The first-order chi connectivity index (χ1) is 8.22. The van der Waals surface area contributed by atoms with Crippen molar-refractivity contribution >= 4 is 5.91 Å². The van der Waals surface area contributed by atoms with Gasteiger partial charge in [0.15, 0.2) is 0 Å². The van der Waals surface area contributed by atoms with Gasteiger partial charge in [0.25, 0.3) is 5.91 Å². The van der Waals surface area contributed by atoms with Crippen molar-refractivity contribution in [3.8, 4) is 11.3 Å². The third kappa shape index (κ3) is 2.19. The predicted octanol–water partition coefficient (Wildman–Crippen LogP) is 3.71. The minimum absolute atomic E-state index is 0.293. The molecule has 0 radical (unpaired) electrons. The summed E-state index contributed by atoms with van der Waals surface area (Å²) in [7, 11) is 0. The highest BCUT2D eigenvalue weighted by molar-refractivity contribution is 5.96. The van der Waals surface area contributed by atoms with Crippen LogP contribution in [0.3, 0.4) is 0 Å². The van der Waals surface area contributed by atoms with E-state index in [0.717, 1.165) is 5.56 Å². The molecule has 2 aromatic rings. The number of carbonyl (C=O) groups is 1. The summed E-state index contributed by atoms with van der Waals surface area (Å²) in [5, 5.41) is 3.04. The first-order valence-corrected chi connectivity index (χ1v) is 4.97. The minimum atomic E-state index is -0.629. The standard InChI is InChI=1S/C12H9N3O2/c1-8-10(12(16)14-15-13)7-11(17-8)9-5-3-2-4-6-9/h2-7H,1H3. The molecule has 0 aliphatic carbocycles. The fraction of sp³-hybridized carbons (Fsp3) is 0.0833. The van der Waals surface area contributed by atoms with Gasteiger partial charge in [0.1, 0.15) is 11.5 Å². The Labute approximate surface area is 97.3 Å². The lowest BCUT2D eigenvalue weighted by Gasteiger charge is -1.93. The molecule has 5 nitrogen and oxygen atoms in total. The van der Waals surface area contributed by atoms with Crippen molar-refractivity contribution < 1.29 is 9.21 Å². The molecule has 0 atom stereocenters. The van der Waals surface area contributed by atoms with E-state index in [4.69, 9.17) is 9.95 Å². The maximum absolute atomic E-state index is 11.4. The van der Waals surface area contributed by atoms with E-state index in [2.05, 4.69) is 10.0 Å². The minimum Gasteiger partial charge on any atom is -0.461 e. The molecule has 84 valence electrons. The molecule has 0 N–H and O–H groups in total. The topological polar surface area (TPSA) is 79.0 Å². The number of hydrogen-bond donors (Lipinski definition) is 0. The first kappa shape index (κ1) is 11.0. The number of hydrogen-bond acceptors (Lipinski definition) is 2. The zero-order valence-corrected chi connectivity index (χ0v) is 9.12. The van der Waals surface area contributed by atoms with Gasteiger partial charge >= 0.3 is 0 Å². The Morgan fingerprint density at radius 3 is 2.71 bits per heavy atom. The molecule has 5 heteroatoms. The monoisotopic (exact) mass is 227 g/mol. The van der Waals surface area contributed by atoms with Gasteiger partial charge in [-0.2, -0.15) is 0 Å². The normalized spacial score (nSPS) is 9.71. The Balaban J connectivity index is 2.44. The van der Waals surface area contributed by atoms with E-state index in [9.17, 15) is 4.79 Å². The van der Waals surface area contributed by atoms with Crippen LogP contribution >= 0.6 is 0 Å². The highest BCUT2D eigenvalue weighted by atomic mass is 16.3. The van der Waals surface area contributed by atoms with Crippen molar-refractivity contribution in [2.75, 3.05) is 0 Å². The summed E-state index contributed by atoms with van der Waals surface area (Å²) in [5.74, 6) is 0.400. The van der Waals surface area contributed by atoms with Gasteiger partial charge in [0, 0.05) is 10.5 Å². The molecule has 0 fully saturated rings. The van der Waals surface area contributed by atoms with Gasteiger partial charge in [-0.3, -0.25) is 4.79 Å². The molecule has 17 heavy (non-hydrogen) atoms. The Bertz CT molecular complexity index is 595. The molecule has 1 amide bonds. The van der Waals surface area contributed by atoms with Crippen LogP contribution in [-0.4, -0.2) is 5.91 Å². The summed E-state index contributed by atoms with van der Waals surface area (Å²) in [6.07, 6.45) is 0. The van der Waals surface area contributed by atoms with E-state index in [0.29, 0.717) is 17.1 Å². The van der Waals surface area contributed by atoms with Gasteiger partial charge in [-0.1, -0.05) is 30.3 Å². The number of amides is 1. The lowest BCUT2D eigenvalue weighted by Crippen LogP contribution is -1.92. The Kier molecular flexibility index (Phi) is 2.94. The summed E-state index contributed by atoms with van der Waals surface area (Å²) in [4.78, 5) is 13.9. The van der Waals surface area contributed by atoms with E-state index in [-0.39, 0.29) is 0 Å². The third-order valence-corrected chi connectivity index (χ3v) is 2.34.